The molecule has 1 fully saturated rings. The average Bonchev–Trinajstić information content (AvgIpc) is 2.70. The van der Waals surface area contributed by atoms with Crippen molar-refractivity contribution >= 4 is 17.3 Å². The van der Waals surface area contributed by atoms with E-state index in [1.54, 1.807) is 0 Å². The zero-order chi connectivity index (χ0) is 18.2. The van der Waals surface area contributed by atoms with E-state index in [0.717, 1.165) is 55.7 Å². The molecule has 1 saturated heterocycles. The van der Waals surface area contributed by atoms with Crippen LogP contribution in [0.3, 0.4) is 0 Å². The molecule has 0 spiro atoms. The Labute approximate surface area is 165 Å². The molecule has 2 aromatic rings. The second-order valence-corrected chi connectivity index (χ2v) is 8.03. The quantitative estimate of drug-likeness (QED) is 0.796. The molecule has 0 saturated carbocycles. The molecule has 2 heterocycles. The number of anilines is 1. The highest BCUT2D eigenvalue weighted by Crippen LogP contribution is 2.42. The van der Waals surface area contributed by atoms with Crippen molar-refractivity contribution in [3.8, 4) is 11.5 Å². The minimum Gasteiger partial charge on any atom is -0.486 e. The molecule has 0 N–H and O–H groups in total. The molecule has 0 bridgehead atoms. The number of para-hydroxylation sites is 1. The van der Waals surface area contributed by atoms with Crippen molar-refractivity contribution in [2.24, 2.45) is 0 Å². The zero-order valence-corrected chi connectivity index (χ0v) is 16.3. The number of piperazine rings is 1. The number of nitrogens with zero attached hydrogens (tertiary/aromatic N) is 2. The molecule has 27 heavy (non-hydrogen) atoms. The molecule has 0 radical (unpaired) electrons. The Balaban J connectivity index is 1.16. The predicted molar refractivity (Wildman–Crippen MR) is 109 cm³/mol. The highest BCUT2D eigenvalue weighted by atomic mass is 35.5. The van der Waals surface area contributed by atoms with Gasteiger partial charge in [-0.3, -0.25) is 4.90 Å². The van der Waals surface area contributed by atoms with Crippen LogP contribution in [0.15, 0.2) is 36.4 Å². The third kappa shape index (κ3) is 3.26. The maximum Gasteiger partial charge on any atom is 0.184 e. The third-order valence-electron chi connectivity index (χ3n) is 6.10. The standard InChI is InChI=1S/C22H25ClN2O2/c23-19-4-1-3-17-16(15-18(17)19)7-8-24-9-11-25(12-10-24)20-5-2-6-21-22(20)27-14-13-26-21/h1-6,16H,7-15H2. The fourth-order valence-corrected chi connectivity index (χ4v) is 4.77. The van der Waals surface area contributed by atoms with Gasteiger partial charge in [0.1, 0.15) is 13.2 Å². The first-order valence-corrected chi connectivity index (χ1v) is 10.3. The number of hydrogen-bond acceptors (Lipinski definition) is 4. The molecular formula is C22H25ClN2O2. The van der Waals surface area contributed by atoms with E-state index in [-0.39, 0.29) is 0 Å². The summed E-state index contributed by atoms with van der Waals surface area (Å²) < 4.78 is 11.6. The van der Waals surface area contributed by atoms with Gasteiger partial charge in [0.15, 0.2) is 11.5 Å². The molecule has 4 nitrogen and oxygen atoms in total. The summed E-state index contributed by atoms with van der Waals surface area (Å²) in [6, 6.07) is 12.5. The highest BCUT2D eigenvalue weighted by molar-refractivity contribution is 6.31. The van der Waals surface area contributed by atoms with Crippen LogP contribution in [0, 0.1) is 0 Å². The van der Waals surface area contributed by atoms with Crippen LogP contribution in [0.25, 0.3) is 0 Å². The largest absolute Gasteiger partial charge is 0.486 e. The Morgan fingerprint density at radius 2 is 1.78 bits per heavy atom. The van der Waals surface area contributed by atoms with Crippen molar-refractivity contribution in [1.82, 2.24) is 4.90 Å². The van der Waals surface area contributed by atoms with E-state index in [1.807, 2.05) is 12.1 Å². The molecule has 3 aliphatic rings. The molecule has 142 valence electrons. The van der Waals surface area contributed by atoms with Gasteiger partial charge in [-0.25, -0.2) is 0 Å². The van der Waals surface area contributed by atoms with Crippen molar-refractivity contribution in [3.05, 3.63) is 52.5 Å². The molecule has 2 aliphatic heterocycles. The Kier molecular flexibility index (Phi) is 4.62. The Hall–Kier alpha value is -1.91. The maximum atomic E-state index is 6.27. The Morgan fingerprint density at radius 3 is 2.67 bits per heavy atom. The van der Waals surface area contributed by atoms with Gasteiger partial charge in [0.05, 0.1) is 5.69 Å². The maximum absolute atomic E-state index is 6.27. The lowest BCUT2D eigenvalue weighted by molar-refractivity contribution is 0.171. The van der Waals surface area contributed by atoms with Crippen LogP contribution in [0.4, 0.5) is 5.69 Å². The second-order valence-electron chi connectivity index (χ2n) is 7.63. The van der Waals surface area contributed by atoms with E-state index >= 15 is 0 Å². The van der Waals surface area contributed by atoms with Gasteiger partial charge in [-0.05, 0) is 54.6 Å². The molecule has 1 atom stereocenters. The summed E-state index contributed by atoms with van der Waals surface area (Å²) in [5, 5.41) is 0.940. The number of ether oxygens (including phenoxy) is 2. The summed E-state index contributed by atoms with van der Waals surface area (Å²) in [5.41, 5.74) is 4.01. The summed E-state index contributed by atoms with van der Waals surface area (Å²) in [4.78, 5) is 5.02. The van der Waals surface area contributed by atoms with Crippen LogP contribution in [0.2, 0.25) is 5.02 Å². The van der Waals surface area contributed by atoms with Crippen molar-refractivity contribution in [2.75, 3.05) is 50.8 Å². The molecule has 1 unspecified atom stereocenters. The van der Waals surface area contributed by atoms with Crippen LogP contribution >= 0.6 is 11.6 Å². The number of hydrogen-bond donors (Lipinski definition) is 0. The topological polar surface area (TPSA) is 24.9 Å². The lowest BCUT2D eigenvalue weighted by atomic mass is 9.75. The smallest absolute Gasteiger partial charge is 0.184 e. The van der Waals surface area contributed by atoms with E-state index in [4.69, 9.17) is 21.1 Å². The van der Waals surface area contributed by atoms with E-state index in [2.05, 4.69) is 34.1 Å². The van der Waals surface area contributed by atoms with Crippen LogP contribution in [-0.4, -0.2) is 50.8 Å². The number of halogens is 1. The zero-order valence-electron chi connectivity index (χ0n) is 15.5. The first-order chi connectivity index (χ1) is 13.3. The second kappa shape index (κ2) is 7.25. The van der Waals surface area contributed by atoms with E-state index in [9.17, 15) is 0 Å². The summed E-state index contributed by atoms with van der Waals surface area (Å²) in [6.07, 6.45) is 2.37. The fourth-order valence-electron chi connectivity index (χ4n) is 4.51. The first kappa shape index (κ1) is 17.2. The summed E-state index contributed by atoms with van der Waals surface area (Å²) in [6.45, 7) is 6.70. The van der Waals surface area contributed by atoms with Crippen molar-refractivity contribution in [1.29, 1.82) is 0 Å². The van der Waals surface area contributed by atoms with Crippen LogP contribution < -0.4 is 14.4 Å². The molecule has 1 aliphatic carbocycles. The minimum atomic E-state index is 0.636. The van der Waals surface area contributed by atoms with Gasteiger partial charge >= 0.3 is 0 Å². The Morgan fingerprint density at radius 1 is 0.963 bits per heavy atom. The Bertz CT molecular complexity index is 833. The van der Waals surface area contributed by atoms with Gasteiger partial charge in [-0.15, -0.1) is 0 Å². The van der Waals surface area contributed by atoms with E-state index in [0.29, 0.717) is 19.1 Å². The van der Waals surface area contributed by atoms with Crippen molar-refractivity contribution < 1.29 is 9.47 Å². The van der Waals surface area contributed by atoms with Gasteiger partial charge in [0, 0.05) is 31.2 Å². The van der Waals surface area contributed by atoms with Gasteiger partial charge in [-0.1, -0.05) is 29.8 Å². The SMILES string of the molecule is Clc1cccc2c1CC2CCN1CCN(c2cccc3c2OCCO3)CC1. The predicted octanol–water partition coefficient (Wildman–Crippen LogP) is 3.96. The number of rotatable bonds is 4. The fraction of sp³-hybridized carbons (Fsp3) is 0.455. The van der Waals surface area contributed by atoms with Crippen molar-refractivity contribution in [2.45, 2.75) is 18.8 Å². The average molecular weight is 385 g/mol. The van der Waals surface area contributed by atoms with E-state index < -0.39 is 0 Å². The number of benzene rings is 2. The lowest BCUT2D eigenvalue weighted by Gasteiger charge is -2.39. The molecule has 5 rings (SSSR count). The number of fused-ring (bicyclic) bond motifs is 2. The minimum absolute atomic E-state index is 0.636. The van der Waals surface area contributed by atoms with Gasteiger partial charge < -0.3 is 14.4 Å². The molecule has 2 aromatic carbocycles. The summed E-state index contributed by atoms with van der Waals surface area (Å²) in [5.74, 6) is 2.48. The first-order valence-electron chi connectivity index (χ1n) is 9.93. The molecular weight excluding hydrogens is 360 g/mol. The van der Waals surface area contributed by atoms with Crippen LogP contribution in [-0.2, 0) is 6.42 Å². The van der Waals surface area contributed by atoms with Crippen LogP contribution in [0.1, 0.15) is 23.5 Å². The lowest BCUT2D eigenvalue weighted by Crippen LogP contribution is -2.47. The summed E-state index contributed by atoms with van der Waals surface area (Å²) in [7, 11) is 0. The van der Waals surface area contributed by atoms with Crippen LogP contribution in [0.5, 0.6) is 11.5 Å². The van der Waals surface area contributed by atoms with Crippen molar-refractivity contribution in [3.63, 3.8) is 0 Å². The van der Waals surface area contributed by atoms with Gasteiger partial charge in [0.25, 0.3) is 0 Å². The summed E-state index contributed by atoms with van der Waals surface area (Å²) >= 11 is 6.27. The normalized spacial score (nSPS) is 21.5. The molecule has 5 heteroatoms. The monoisotopic (exact) mass is 384 g/mol. The van der Waals surface area contributed by atoms with Gasteiger partial charge in [-0.2, -0.15) is 0 Å². The molecule has 0 amide bonds. The third-order valence-corrected chi connectivity index (χ3v) is 6.45. The van der Waals surface area contributed by atoms with E-state index in [1.165, 1.54) is 23.2 Å². The van der Waals surface area contributed by atoms with Gasteiger partial charge in [0.2, 0.25) is 0 Å². The highest BCUT2D eigenvalue weighted by Gasteiger charge is 2.29. The molecule has 0 aromatic heterocycles.